The first-order valence-electron chi connectivity index (χ1n) is 6.81. The van der Waals surface area contributed by atoms with E-state index in [1.807, 2.05) is 0 Å². The van der Waals surface area contributed by atoms with Gasteiger partial charge in [0.15, 0.2) is 0 Å². The molecule has 1 heteroatoms. The average molecular weight is 230 g/mol. The van der Waals surface area contributed by atoms with Crippen molar-refractivity contribution in [3.8, 4) is 0 Å². The Morgan fingerprint density at radius 3 is 2.65 bits per heavy atom. The molecule has 0 saturated heterocycles. The molecule has 1 nitrogen and oxygen atoms in total. The highest BCUT2D eigenvalue weighted by Crippen LogP contribution is 2.31. The van der Waals surface area contributed by atoms with Crippen molar-refractivity contribution in [2.45, 2.75) is 52.4 Å². The Morgan fingerprint density at radius 2 is 2.00 bits per heavy atom. The SMILES string of the molecule is CCCC(CC)c1cc2cccc(CC)c2o1. The summed E-state index contributed by atoms with van der Waals surface area (Å²) in [6.45, 7) is 6.66. The maximum absolute atomic E-state index is 6.10. The van der Waals surface area contributed by atoms with Crippen molar-refractivity contribution in [3.05, 3.63) is 35.6 Å². The van der Waals surface area contributed by atoms with Crippen LogP contribution in [-0.4, -0.2) is 0 Å². The fourth-order valence-electron chi connectivity index (χ4n) is 2.52. The smallest absolute Gasteiger partial charge is 0.137 e. The molecule has 0 aliphatic heterocycles. The van der Waals surface area contributed by atoms with Crippen LogP contribution in [0, 0.1) is 0 Å². The lowest BCUT2D eigenvalue weighted by atomic mass is 9.98. The number of aryl methyl sites for hydroxylation is 1. The molecule has 0 radical (unpaired) electrons. The molecule has 0 aliphatic rings. The number of hydrogen-bond acceptors (Lipinski definition) is 1. The van der Waals surface area contributed by atoms with Crippen LogP contribution in [0.1, 0.15) is 57.3 Å². The summed E-state index contributed by atoms with van der Waals surface area (Å²) in [5.41, 5.74) is 2.42. The first-order valence-corrected chi connectivity index (χ1v) is 6.81. The van der Waals surface area contributed by atoms with E-state index in [0.29, 0.717) is 5.92 Å². The summed E-state index contributed by atoms with van der Waals surface area (Å²) in [5.74, 6) is 1.75. The van der Waals surface area contributed by atoms with Gasteiger partial charge in [0.05, 0.1) is 0 Å². The lowest BCUT2D eigenvalue weighted by Crippen LogP contribution is -1.94. The van der Waals surface area contributed by atoms with E-state index in [-0.39, 0.29) is 0 Å². The van der Waals surface area contributed by atoms with Gasteiger partial charge < -0.3 is 4.42 Å². The molecular formula is C16H22O. The third kappa shape index (κ3) is 2.38. The van der Waals surface area contributed by atoms with E-state index < -0.39 is 0 Å². The van der Waals surface area contributed by atoms with Crippen molar-refractivity contribution in [3.63, 3.8) is 0 Å². The van der Waals surface area contributed by atoms with Gasteiger partial charge in [-0.25, -0.2) is 0 Å². The Kier molecular flexibility index (Phi) is 3.88. The lowest BCUT2D eigenvalue weighted by Gasteiger charge is -2.09. The second-order valence-electron chi connectivity index (χ2n) is 4.73. The van der Waals surface area contributed by atoms with E-state index in [4.69, 9.17) is 4.42 Å². The standard InChI is InChI=1S/C16H22O/c1-4-8-12(5-2)15-11-14-10-7-9-13(6-3)16(14)17-15/h7,9-12H,4-6,8H2,1-3H3. The second-order valence-corrected chi connectivity index (χ2v) is 4.73. The van der Waals surface area contributed by atoms with Gasteiger partial charge in [0.2, 0.25) is 0 Å². The number of para-hydroxylation sites is 1. The summed E-state index contributed by atoms with van der Waals surface area (Å²) in [7, 11) is 0. The Labute approximate surface area is 104 Å². The zero-order valence-electron chi connectivity index (χ0n) is 11.1. The average Bonchev–Trinajstić information content (AvgIpc) is 2.79. The van der Waals surface area contributed by atoms with E-state index in [1.54, 1.807) is 0 Å². The Bertz CT molecular complexity index is 481. The summed E-state index contributed by atoms with van der Waals surface area (Å²) < 4.78 is 6.10. The van der Waals surface area contributed by atoms with Gasteiger partial charge in [-0.15, -0.1) is 0 Å². The maximum atomic E-state index is 6.10. The second kappa shape index (κ2) is 5.39. The van der Waals surface area contributed by atoms with Crippen molar-refractivity contribution in [2.75, 3.05) is 0 Å². The van der Waals surface area contributed by atoms with Crippen LogP contribution in [0.5, 0.6) is 0 Å². The Morgan fingerprint density at radius 1 is 1.18 bits per heavy atom. The molecule has 1 aromatic heterocycles. The van der Waals surface area contributed by atoms with Crippen LogP contribution < -0.4 is 0 Å². The quantitative estimate of drug-likeness (QED) is 0.680. The molecule has 0 saturated carbocycles. The molecule has 0 spiro atoms. The van der Waals surface area contributed by atoms with Gasteiger partial charge in [-0.05, 0) is 30.9 Å². The summed E-state index contributed by atoms with van der Waals surface area (Å²) in [5, 5.41) is 1.26. The number of benzene rings is 1. The molecule has 0 bridgehead atoms. The van der Waals surface area contributed by atoms with Crippen LogP contribution in [0.3, 0.4) is 0 Å². The van der Waals surface area contributed by atoms with Crippen LogP contribution in [0.4, 0.5) is 0 Å². The molecule has 92 valence electrons. The van der Waals surface area contributed by atoms with Crippen molar-refractivity contribution < 1.29 is 4.42 Å². The molecule has 0 N–H and O–H groups in total. The first kappa shape index (κ1) is 12.2. The van der Waals surface area contributed by atoms with Crippen molar-refractivity contribution >= 4 is 11.0 Å². The van der Waals surface area contributed by atoms with E-state index in [1.165, 1.54) is 29.6 Å². The summed E-state index contributed by atoms with van der Waals surface area (Å²) >= 11 is 0. The monoisotopic (exact) mass is 230 g/mol. The largest absolute Gasteiger partial charge is 0.460 e. The Balaban J connectivity index is 2.43. The van der Waals surface area contributed by atoms with Gasteiger partial charge in [0, 0.05) is 11.3 Å². The van der Waals surface area contributed by atoms with Crippen molar-refractivity contribution in [1.29, 1.82) is 0 Å². The molecule has 1 aromatic carbocycles. The zero-order valence-corrected chi connectivity index (χ0v) is 11.1. The molecule has 1 atom stereocenters. The van der Waals surface area contributed by atoms with Gasteiger partial charge in [0.25, 0.3) is 0 Å². The minimum atomic E-state index is 0.581. The first-order chi connectivity index (χ1) is 8.30. The molecule has 1 unspecified atom stereocenters. The van der Waals surface area contributed by atoms with Gasteiger partial charge in [0.1, 0.15) is 11.3 Å². The zero-order chi connectivity index (χ0) is 12.3. The predicted octanol–water partition coefficient (Wildman–Crippen LogP) is 5.29. The number of fused-ring (bicyclic) bond motifs is 1. The van der Waals surface area contributed by atoms with E-state index in [2.05, 4.69) is 45.0 Å². The lowest BCUT2D eigenvalue weighted by molar-refractivity contribution is 0.457. The fourth-order valence-corrected chi connectivity index (χ4v) is 2.52. The van der Waals surface area contributed by atoms with E-state index >= 15 is 0 Å². The van der Waals surface area contributed by atoms with Gasteiger partial charge in [-0.1, -0.05) is 45.4 Å². The topological polar surface area (TPSA) is 13.1 Å². The highest BCUT2D eigenvalue weighted by Gasteiger charge is 2.14. The van der Waals surface area contributed by atoms with E-state index in [0.717, 1.165) is 18.4 Å². The Hall–Kier alpha value is -1.24. The molecular weight excluding hydrogens is 208 g/mol. The van der Waals surface area contributed by atoms with Crippen LogP contribution in [-0.2, 0) is 6.42 Å². The van der Waals surface area contributed by atoms with Gasteiger partial charge >= 0.3 is 0 Å². The van der Waals surface area contributed by atoms with Crippen LogP contribution in [0.2, 0.25) is 0 Å². The molecule has 0 aliphatic carbocycles. The van der Waals surface area contributed by atoms with Crippen LogP contribution in [0.25, 0.3) is 11.0 Å². The molecule has 1 heterocycles. The van der Waals surface area contributed by atoms with Gasteiger partial charge in [-0.3, -0.25) is 0 Å². The number of furan rings is 1. The fraction of sp³-hybridized carbons (Fsp3) is 0.500. The third-order valence-corrected chi connectivity index (χ3v) is 3.56. The molecule has 0 amide bonds. The third-order valence-electron chi connectivity index (χ3n) is 3.56. The molecule has 2 rings (SSSR count). The maximum Gasteiger partial charge on any atom is 0.137 e. The molecule has 0 fully saturated rings. The molecule has 17 heavy (non-hydrogen) atoms. The summed E-state index contributed by atoms with van der Waals surface area (Å²) in [4.78, 5) is 0. The molecule has 2 aromatic rings. The minimum Gasteiger partial charge on any atom is -0.460 e. The predicted molar refractivity (Wildman–Crippen MR) is 73.5 cm³/mol. The van der Waals surface area contributed by atoms with Crippen molar-refractivity contribution in [1.82, 2.24) is 0 Å². The van der Waals surface area contributed by atoms with Crippen LogP contribution in [0.15, 0.2) is 28.7 Å². The van der Waals surface area contributed by atoms with E-state index in [9.17, 15) is 0 Å². The highest BCUT2D eigenvalue weighted by atomic mass is 16.3. The normalized spacial score (nSPS) is 13.1. The number of rotatable bonds is 5. The highest BCUT2D eigenvalue weighted by molar-refractivity contribution is 5.81. The summed E-state index contributed by atoms with van der Waals surface area (Å²) in [6, 6.07) is 8.68. The number of hydrogen-bond donors (Lipinski definition) is 0. The summed E-state index contributed by atoms with van der Waals surface area (Å²) in [6.07, 6.45) is 4.64. The van der Waals surface area contributed by atoms with Crippen LogP contribution >= 0.6 is 0 Å². The van der Waals surface area contributed by atoms with Gasteiger partial charge in [-0.2, -0.15) is 0 Å². The minimum absolute atomic E-state index is 0.581. The van der Waals surface area contributed by atoms with Crippen molar-refractivity contribution in [2.24, 2.45) is 0 Å².